The van der Waals surface area contributed by atoms with Crippen molar-refractivity contribution in [2.45, 2.75) is 6.92 Å². The number of anilines is 4. The van der Waals surface area contributed by atoms with Crippen molar-refractivity contribution >= 4 is 34.7 Å². The molecular formula is C18H17ClN4O. The second-order valence-corrected chi connectivity index (χ2v) is 5.59. The minimum atomic E-state index is 0.495. The third-order valence-corrected chi connectivity index (χ3v) is 3.60. The van der Waals surface area contributed by atoms with Crippen molar-refractivity contribution in [3.05, 3.63) is 65.3 Å². The minimum absolute atomic E-state index is 0.495. The lowest BCUT2D eigenvalue weighted by Gasteiger charge is -2.11. The standard InChI is InChI=1S/C18H17ClN4O/c1-12-10-17(21-13-6-4-3-5-7-13)23-18(20-12)22-14-8-9-16(24-2)15(19)11-14/h3-11H,1-2H3,(H2,20,21,22,23). The first-order chi connectivity index (χ1) is 11.6. The van der Waals surface area contributed by atoms with E-state index < -0.39 is 0 Å². The van der Waals surface area contributed by atoms with E-state index in [-0.39, 0.29) is 0 Å². The highest BCUT2D eigenvalue weighted by Gasteiger charge is 2.06. The number of rotatable bonds is 5. The summed E-state index contributed by atoms with van der Waals surface area (Å²) in [4.78, 5) is 8.90. The van der Waals surface area contributed by atoms with E-state index in [1.165, 1.54) is 0 Å². The minimum Gasteiger partial charge on any atom is -0.495 e. The van der Waals surface area contributed by atoms with Crippen LogP contribution in [-0.2, 0) is 0 Å². The molecule has 0 aliphatic rings. The van der Waals surface area contributed by atoms with Crippen LogP contribution in [0.15, 0.2) is 54.6 Å². The fraction of sp³-hybridized carbons (Fsp3) is 0.111. The number of methoxy groups -OCH3 is 1. The van der Waals surface area contributed by atoms with Gasteiger partial charge in [0.1, 0.15) is 11.6 Å². The number of hydrogen-bond acceptors (Lipinski definition) is 5. The Kier molecular flexibility index (Phi) is 4.82. The van der Waals surface area contributed by atoms with Crippen molar-refractivity contribution in [2.24, 2.45) is 0 Å². The molecule has 1 aromatic heterocycles. The van der Waals surface area contributed by atoms with Gasteiger partial charge in [-0.15, -0.1) is 0 Å². The highest BCUT2D eigenvalue weighted by molar-refractivity contribution is 6.32. The first-order valence-corrected chi connectivity index (χ1v) is 7.80. The smallest absolute Gasteiger partial charge is 0.229 e. The third kappa shape index (κ3) is 3.94. The number of ether oxygens (including phenoxy) is 1. The molecule has 0 aliphatic heterocycles. The molecule has 0 atom stereocenters. The van der Waals surface area contributed by atoms with Gasteiger partial charge in [0.25, 0.3) is 0 Å². The average molecular weight is 341 g/mol. The number of benzene rings is 2. The van der Waals surface area contributed by atoms with Crippen LogP contribution in [0.4, 0.5) is 23.1 Å². The fourth-order valence-corrected chi connectivity index (χ4v) is 2.49. The number of aromatic nitrogens is 2. The van der Waals surface area contributed by atoms with Gasteiger partial charge >= 0.3 is 0 Å². The van der Waals surface area contributed by atoms with E-state index in [4.69, 9.17) is 16.3 Å². The highest BCUT2D eigenvalue weighted by Crippen LogP contribution is 2.28. The molecule has 0 bridgehead atoms. The van der Waals surface area contributed by atoms with Crippen LogP contribution in [0.1, 0.15) is 5.69 Å². The number of aryl methyl sites for hydroxylation is 1. The Balaban J connectivity index is 1.82. The fourth-order valence-electron chi connectivity index (χ4n) is 2.23. The summed E-state index contributed by atoms with van der Waals surface area (Å²) >= 11 is 6.15. The van der Waals surface area contributed by atoms with E-state index in [9.17, 15) is 0 Å². The Morgan fingerprint density at radius 2 is 1.71 bits per heavy atom. The van der Waals surface area contributed by atoms with Crippen molar-refractivity contribution < 1.29 is 4.74 Å². The molecule has 0 amide bonds. The van der Waals surface area contributed by atoms with Crippen LogP contribution >= 0.6 is 11.6 Å². The van der Waals surface area contributed by atoms with Crippen LogP contribution in [-0.4, -0.2) is 17.1 Å². The quantitative estimate of drug-likeness (QED) is 0.689. The topological polar surface area (TPSA) is 59.1 Å². The normalized spacial score (nSPS) is 10.3. The molecule has 0 saturated carbocycles. The molecule has 0 spiro atoms. The number of hydrogen-bond donors (Lipinski definition) is 2. The number of nitrogens with one attached hydrogen (secondary N) is 2. The van der Waals surface area contributed by atoms with Gasteiger partial charge in [-0.3, -0.25) is 0 Å². The molecular weight excluding hydrogens is 324 g/mol. The molecule has 0 aliphatic carbocycles. The second-order valence-electron chi connectivity index (χ2n) is 5.18. The Morgan fingerprint density at radius 1 is 0.917 bits per heavy atom. The summed E-state index contributed by atoms with van der Waals surface area (Å²) in [6.07, 6.45) is 0. The zero-order valence-corrected chi connectivity index (χ0v) is 14.1. The Morgan fingerprint density at radius 3 is 2.42 bits per heavy atom. The zero-order valence-electron chi connectivity index (χ0n) is 13.4. The molecule has 0 saturated heterocycles. The van der Waals surface area contributed by atoms with Crippen LogP contribution in [0.3, 0.4) is 0 Å². The molecule has 3 aromatic rings. The highest BCUT2D eigenvalue weighted by atomic mass is 35.5. The zero-order chi connectivity index (χ0) is 16.9. The van der Waals surface area contributed by atoms with E-state index in [0.717, 1.165) is 22.9 Å². The van der Waals surface area contributed by atoms with Crippen LogP contribution < -0.4 is 15.4 Å². The van der Waals surface area contributed by atoms with Crippen molar-refractivity contribution in [1.82, 2.24) is 9.97 Å². The molecule has 2 aromatic carbocycles. The van der Waals surface area contributed by atoms with E-state index in [0.29, 0.717) is 16.7 Å². The Labute approximate surface area is 145 Å². The molecule has 3 rings (SSSR count). The average Bonchev–Trinajstić information content (AvgIpc) is 2.55. The van der Waals surface area contributed by atoms with Gasteiger partial charge in [-0.1, -0.05) is 29.8 Å². The maximum absolute atomic E-state index is 6.15. The SMILES string of the molecule is COc1ccc(Nc2nc(C)cc(Nc3ccccc3)n2)cc1Cl. The molecule has 24 heavy (non-hydrogen) atoms. The van der Waals surface area contributed by atoms with Crippen molar-refractivity contribution in [2.75, 3.05) is 17.7 Å². The van der Waals surface area contributed by atoms with E-state index >= 15 is 0 Å². The first-order valence-electron chi connectivity index (χ1n) is 7.42. The molecule has 6 heteroatoms. The Hall–Kier alpha value is -2.79. The summed E-state index contributed by atoms with van der Waals surface area (Å²) in [5.74, 6) is 1.84. The number of nitrogens with zero attached hydrogens (tertiary/aromatic N) is 2. The maximum Gasteiger partial charge on any atom is 0.229 e. The molecule has 0 unspecified atom stereocenters. The first kappa shape index (κ1) is 16.1. The predicted molar refractivity (Wildman–Crippen MR) is 97.8 cm³/mol. The summed E-state index contributed by atoms with van der Waals surface area (Å²) in [7, 11) is 1.58. The lowest BCUT2D eigenvalue weighted by atomic mass is 10.3. The summed E-state index contributed by atoms with van der Waals surface area (Å²) in [6.45, 7) is 1.92. The summed E-state index contributed by atoms with van der Waals surface area (Å²) < 4.78 is 5.15. The lowest BCUT2D eigenvalue weighted by Crippen LogP contribution is -2.02. The van der Waals surface area contributed by atoms with Crippen molar-refractivity contribution in [3.63, 3.8) is 0 Å². The van der Waals surface area contributed by atoms with Gasteiger partial charge in [0.2, 0.25) is 5.95 Å². The number of para-hydroxylation sites is 1. The monoisotopic (exact) mass is 340 g/mol. The van der Waals surface area contributed by atoms with Crippen molar-refractivity contribution in [3.8, 4) is 5.75 Å². The number of halogens is 1. The van der Waals surface area contributed by atoms with E-state index in [2.05, 4.69) is 20.6 Å². The van der Waals surface area contributed by atoms with Crippen molar-refractivity contribution in [1.29, 1.82) is 0 Å². The maximum atomic E-state index is 6.15. The van der Waals surface area contributed by atoms with Gasteiger partial charge in [0.05, 0.1) is 12.1 Å². The summed E-state index contributed by atoms with van der Waals surface area (Å²) in [6, 6.07) is 17.2. The largest absolute Gasteiger partial charge is 0.495 e. The van der Waals surface area contributed by atoms with Gasteiger partial charge in [0, 0.05) is 23.1 Å². The lowest BCUT2D eigenvalue weighted by molar-refractivity contribution is 0.415. The van der Waals surface area contributed by atoms with Crippen LogP contribution in [0.2, 0.25) is 5.02 Å². The van der Waals surface area contributed by atoms with Crippen LogP contribution in [0, 0.1) is 6.92 Å². The van der Waals surface area contributed by atoms with Crippen LogP contribution in [0.25, 0.3) is 0 Å². The van der Waals surface area contributed by atoms with Gasteiger partial charge < -0.3 is 15.4 Å². The predicted octanol–water partition coefficient (Wildman–Crippen LogP) is 4.93. The molecule has 0 fully saturated rings. The molecule has 122 valence electrons. The molecule has 2 N–H and O–H groups in total. The summed E-state index contributed by atoms with van der Waals surface area (Å²) in [5.41, 5.74) is 2.61. The van der Waals surface area contributed by atoms with E-state index in [1.54, 1.807) is 19.2 Å². The van der Waals surface area contributed by atoms with E-state index in [1.807, 2.05) is 49.4 Å². The molecule has 5 nitrogen and oxygen atoms in total. The van der Waals surface area contributed by atoms with Gasteiger partial charge in [-0.25, -0.2) is 4.98 Å². The third-order valence-electron chi connectivity index (χ3n) is 3.31. The van der Waals surface area contributed by atoms with Gasteiger partial charge in [-0.2, -0.15) is 4.98 Å². The van der Waals surface area contributed by atoms with Gasteiger partial charge in [-0.05, 0) is 37.3 Å². The Bertz CT molecular complexity index is 840. The summed E-state index contributed by atoms with van der Waals surface area (Å²) in [5, 5.41) is 6.95. The van der Waals surface area contributed by atoms with Crippen LogP contribution in [0.5, 0.6) is 5.75 Å². The molecule has 0 radical (unpaired) electrons. The molecule has 1 heterocycles. The van der Waals surface area contributed by atoms with Gasteiger partial charge in [0.15, 0.2) is 0 Å². The second kappa shape index (κ2) is 7.19.